The van der Waals surface area contributed by atoms with Gasteiger partial charge in [0, 0.05) is 24.1 Å². The van der Waals surface area contributed by atoms with Crippen LogP contribution >= 0.6 is 23.5 Å². The fraction of sp³-hybridized carbons (Fsp3) is 0.250. The molecule has 0 aliphatic rings. The number of carbonyl (C=O) groups is 1. The summed E-state index contributed by atoms with van der Waals surface area (Å²) in [5.74, 6) is 7.02. The van der Waals surface area contributed by atoms with Crippen LogP contribution in [0.4, 0.5) is 0 Å². The van der Waals surface area contributed by atoms with Crippen LogP contribution in [0.5, 0.6) is 0 Å². The fourth-order valence-electron chi connectivity index (χ4n) is 2.71. The molecule has 1 aromatic heterocycles. The van der Waals surface area contributed by atoms with Crippen LogP contribution in [0.1, 0.15) is 11.1 Å². The molecule has 0 saturated carbocycles. The third-order valence-corrected chi connectivity index (χ3v) is 6.05. The Morgan fingerprint density at radius 2 is 1.86 bits per heavy atom. The van der Waals surface area contributed by atoms with E-state index in [-0.39, 0.29) is 11.7 Å². The molecule has 146 valence electrons. The summed E-state index contributed by atoms with van der Waals surface area (Å²) < 4.78 is 1.45. The molecule has 0 spiro atoms. The molecule has 3 aromatic rings. The van der Waals surface area contributed by atoms with Crippen molar-refractivity contribution in [2.24, 2.45) is 0 Å². The molecule has 0 unspecified atom stereocenters. The number of hydrogen-bond donors (Lipinski definition) is 1. The Balaban J connectivity index is 1.60. The molecule has 0 aliphatic carbocycles. The zero-order chi connectivity index (χ0) is 20.1. The van der Waals surface area contributed by atoms with Crippen molar-refractivity contribution in [2.75, 3.05) is 24.9 Å². The van der Waals surface area contributed by atoms with Crippen LogP contribution in [0.3, 0.4) is 0 Å². The highest BCUT2D eigenvalue weighted by atomic mass is 32.2. The number of aryl methyl sites for hydroxylation is 1. The molecular formula is C20H23N5OS2. The van der Waals surface area contributed by atoms with Crippen LogP contribution in [0.25, 0.3) is 11.4 Å². The number of hydrogen-bond acceptors (Lipinski definition) is 6. The van der Waals surface area contributed by atoms with Crippen molar-refractivity contribution < 1.29 is 4.79 Å². The average molecular weight is 414 g/mol. The van der Waals surface area contributed by atoms with Gasteiger partial charge in [-0.15, -0.1) is 22.0 Å². The van der Waals surface area contributed by atoms with Gasteiger partial charge in [0.25, 0.3) is 0 Å². The number of benzene rings is 2. The van der Waals surface area contributed by atoms with E-state index in [1.54, 1.807) is 23.7 Å². The van der Waals surface area contributed by atoms with Gasteiger partial charge in [0.2, 0.25) is 11.1 Å². The van der Waals surface area contributed by atoms with Crippen molar-refractivity contribution in [3.05, 3.63) is 59.7 Å². The number of thioether (sulfide) groups is 2. The molecular weight excluding hydrogens is 390 g/mol. The van der Waals surface area contributed by atoms with Crippen molar-refractivity contribution >= 4 is 29.4 Å². The number of aromatic nitrogens is 3. The van der Waals surface area contributed by atoms with Crippen LogP contribution in [-0.2, 0) is 11.3 Å². The SMILES string of the molecule is CSc1ccc(CN(C)C(=O)CSc2nnc(-c3ccccc3C)n2N)cc1. The summed E-state index contributed by atoms with van der Waals surface area (Å²) in [5.41, 5.74) is 3.10. The van der Waals surface area contributed by atoms with Gasteiger partial charge in [-0.05, 0) is 36.4 Å². The highest BCUT2D eigenvalue weighted by molar-refractivity contribution is 7.99. The minimum absolute atomic E-state index is 0.0133. The third kappa shape index (κ3) is 4.69. The van der Waals surface area contributed by atoms with E-state index in [0.717, 1.165) is 16.7 Å². The third-order valence-electron chi connectivity index (χ3n) is 4.38. The molecule has 0 atom stereocenters. The molecule has 3 rings (SSSR count). The van der Waals surface area contributed by atoms with E-state index in [9.17, 15) is 4.79 Å². The summed E-state index contributed by atoms with van der Waals surface area (Å²) in [6, 6.07) is 16.1. The average Bonchev–Trinajstić information content (AvgIpc) is 3.07. The Morgan fingerprint density at radius 3 is 2.54 bits per heavy atom. The maximum atomic E-state index is 12.5. The van der Waals surface area contributed by atoms with Gasteiger partial charge in [-0.3, -0.25) is 4.79 Å². The molecule has 1 amide bonds. The summed E-state index contributed by atoms with van der Waals surface area (Å²) >= 11 is 2.99. The maximum absolute atomic E-state index is 12.5. The molecule has 2 N–H and O–H groups in total. The van der Waals surface area contributed by atoms with Crippen LogP contribution in [0, 0.1) is 6.92 Å². The van der Waals surface area contributed by atoms with E-state index in [2.05, 4.69) is 22.3 Å². The van der Waals surface area contributed by atoms with Crippen molar-refractivity contribution in [1.29, 1.82) is 0 Å². The molecule has 6 nitrogen and oxygen atoms in total. The van der Waals surface area contributed by atoms with E-state index >= 15 is 0 Å². The standard InChI is InChI=1S/C20H23N5OS2/c1-14-6-4-5-7-17(14)19-22-23-20(25(19)21)28-13-18(26)24(2)12-15-8-10-16(27-3)11-9-15/h4-11H,12-13,21H2,1-3H3. The molecule has 1 heterocycles. The second kappa shape index (κ2) is 9.16. The zero-order valence-electron chi connectivity index (χ0n) is 16.1. The van der Waals surface area contributed by atoms with Gasteiger partial charge < -0.3 is 10.7 Å². The van der Waals surface area contributed by atoms with Crippen LogP contribution in [0.15, 0.2) is 58.6 Å². The van der Waals surface area contributed by atoms with Crippen molar-refractivity contribution in [2.45, 2.75) is 23.5 Å². The van der Waals surface area contributed by atoms with Crippen LogP contribution < -0.4 is 5.84 Å². The molecule has 0 fully saturated rings. The molecule has 0 bridgehead atoms. The second-order valence-corrected chi connectivity index (χ2v) is 8.20. The molecule has 8 heteroatoms. The second-order valence-electron chi connectivity index (χ2n) is 6.38. The monoisotopic (exact) mass is 413 g/mol. The summed E-state index contributed by atoms with van der Waals surface area (Å²) in [6.07, 6.45) is 2.04. The van der Waals surface area contributed by atoms with Crippen molar-refractivity contribution in [3.63, 3.8) is 0 Å². The van der Waals surface area contributed by atoms with Crippen molar-refractivity contribution in [3.8, 4) is 11.4 Å². The topological polar surface area (TPSA) is 77.0 Å². The van der Waals surface area contributed by atoms with Crippen LogP contribution in [-0.4, -0.2) is 44.7 Å². The Labute approximate surface area is 173 Å². The number of amides is 1. The predicted molar refractivity (Wildman–Crippen MR) is 116 cm³/mol. The summed E-state index contributed by atoms with van der Waals surface area (Å²) in [6.45, 7) is 2.57. The number of carbonyl (C=O) groups excluding carboxylic acids is 1. The van der Waals surface area contributed by atoms with E-state index in [4.69, 9.17) is 5.84 Å². The first-order chi connectivity index (χ1) is 13.5. The normalized spacial score (nSPS) is 10.8. The first-order valence-corrected chi connectivity index (χ1v) is 11.0. The number of nitrogens with two attached hydrogens (primary N) is 1. The quantitative estimate of drug-likeness (QED) is 0.472. The van der Waals surface area contributed by atoms with Crippen molar-refractivity contribution in [1.82, 2.24) is 19.8 Å². The largest absolute Gasteiger partial charge is 0.341 e. The van der Waals surface area contributed by atoms with Gasteiger partial charge in [0.1, 0.15) is 0 Å². The highest BCUT2D eigenvalue weighted by Gasteiger charge is 2.16. The van der Waals surface area contributed by atoms with E-state index in [0.29, 0.717) is 17.5 Å². The molecule has 0 aliphatic heterocycles. The van der Waals surface area contributed by atoms with Gasteiger partial charge in [0.15, 0.2) is 5.82 Å². The predicted octanol–water partition coefficient (Wildman–Crippen LogP) is 3.44. The smallest absolute Gasteiger partial charge is 0.233 e. The number of nitrogens with zero attached hydrogens (tertiary/aromatic N) is 4. The lowest BCUT2D eigenvalue weighted by molar-refractivity contribution is -0.127. The molecule has 0 radical (unpaired) electrons. The Hall–Kier alpha value is -2.45. The molecule has 28 heavy (non-hydrogen) atoms. The van der Waals surface area contributed by atoms with E-state index in [1.165, 1.54) is 21.3 Å². The van der Waals surface area contributed by atoms with Gasteiger partial charge in [-0.25, -0.2) is 4.68 Å². The van der Waals surface area contributed by atoms with Gasteiger partial charge in [0.05, 0.1) is 5.75 Å². The molecule has 0 saturated heterocycles. The Bertz CT molecular complexity index is 955. The summed E-state index contributed by atoms with van der Waals surface area (Å²) in [7, 11) is 1.80. The van der Waals surface area contributed by atoms with Gasteiger partial charge in [-0.2, -0.15) is 0 Å². The first-order valence-electron chi connectivity index (χ1n) is 8.75. The first kappa shape index (κ1) is 20.3. The van der Waals surface area contributed by atoms with E-state index in [1.807, 2.05) is 49.6 Å². The van der Waals surface area contributed by atoms with Gasteiger partial charge >= 0.3 is 0 Å². The lowest BCUT2D eigenvalue weighted by Crippen LogP contribution is -2.28. The zero-order valence-corrected chi connectivity index (χ0v) is 17.8. The minimum Gasteiger partial charge on any atom is -0.341 e. The fourth-order valence-corrected chi connectivity index (χ4v) is 3.92. The van der Waals surface area contributed by atoms with E-state index < -0.39 is 0 Å². The highest BCUT2D eigenvalue weighted by Crippen LogP contribution is 2.24. The summed E-state index contributed by atoms with van der Waals surface area (Å²) in [4.78, 5) is 15.4. The van der Waals surface area contributed by atoms with Gasteiger partial charge in [-0.1, -0.05) is 48.2 Å². The number of rotatable bonds is 7. The molecule has 2 aromatic carbocycles. The Kier molecular flexibility index (Phi) is 6.64. The summed E-state index contributed by atoms with van der Waals surface area (Å²) in [5, 5.41) is 8.86. The maximum Gasteiger partial charge on any atom is 0.233 e. The lowest BCUT2D eigenvalue weighted by Gasteiger charge is -2.17. The lowest BCUT2D eigenvalue weighted by atomic mass is 10.1. The Morgan fingerprint density at radius 1 is 1.14 bits per heavy atom. The minimum atomic E-state index is 0.0133. The number of nitrogen functional groups attached to an aromatic ring is 1. The van der Waals surface area contributed by atoms with Crippen LogP contribution in [0.2, 0.25) is 0 Å².